The highest BCUT2D eigenvalue weighted by atomic mass is 15.3. The Hall–Kier alpha value is -2.55. The van der Waals surface area contributed by atoms with Gasteiger partial charge in [-0.1, -0.05) is 42.0 Å². The zero-order valence-electron chi connectivity index (χ0n) is 13.9. The summed E-state index contributed by atoms with van der Waals surface area (Å²) in [4.78, 5) is 0. The van der Waals surface area contributed by atoms with Crippen LogP contribution < -0.4 is 5.32 Å². The van der Waals surface area contributed by atoms with Gasteiger partial charge in [-0.05, 0) is 44.4 Å². The maximum atomic E-state index is 4.96. The lowest BCUT2D eigenvalue weighted by molar-refractivity contribution is 0.873. The smallest absolute Gasteiger partial charge is 0.133 e. The monoisotopic (exact) mass is 303 g/mol. The molecule has 2 aromatic carbocycles. The van der Waals surface area contributed by atoms with Crippen molar-refractivity contribution in [1.29, 1.82) is 0 Å². The Balaban J connectivity index is 1.91. The second-order valence-electron chi connectivity index (χ2n) is 6.35. The fourth-order valence-corrected chi connectivity index (χ4v) is 3.26. The van der Waals surface area contributed by atoms with Gasteiger partial charge in [0.25, 0.3) is 0 Å². The largest absolute Gasteiger partial charge is 0.369 e. The van der Waals surface area contributed by atoms with Crippen LogP contribution in [0.3, 0.4) is 0 Å². The predicted octanol–water partition coefficient (Wildman–Crippen LogP) is 4.43. The minimum atomic E-state index is 0.983. The molecule has 0 saturated heterocycles. The zero-order valence-corrected chi connectivity index (χ0v) is 13.9. The van der Waals surface area contributed by atoms with E-state index in [9.17, 15) is 0 Å². The zero-order chi connectivity index (χ0) is 16.0. The van der Waals surface area contributed by atoms with E-state index in [-0.39, 0.29) is 0 Å². The summed E-state index contributed by atoms with van der Waals surface area (Å²) < 4.78 is 2.08. The van der Waals surface area contributed by atoms with Gasteiger partial charge in [-0.25, -0.2) is 4.68 Å². The molecule has 1 aromatic heterocycles. The lowest BCUT2D eigenvalue weighted by Gasteiger charge is -2.11. The van der Waals surface area contributed by atoms with Crippen molar-refractivity contribution < 1.29 is 0 Å². The Morgan fingerprint density at radius 1 is 1.00 bits per heavy atom. The standard InChI is InChI=1S/C20H21N3/c1-13-7-9-16(10-8-13)19-17-11-12-21-20(17)23(22-19)18-6-4-5-14(2)15(18)3/h4-10,21H,11-12H2,1-3H3. The van der Waals surface area contributed by atoms with Crippen molar-refractivity contribution >= 4 is 5.82 Å². The summed E-state index contributed by atoms with van der Waals surface area (Å²) in [7, 11) is 0. The van der Waals surface area contributed by atoms with E-state index in [1.54, 1.807) is 0 Å². The van der Waals surface area contributed by atoms with Crippen LogP contribution >= 0.6 is 0 Å². The first-order valence-electron chi connectivity index (χ1n) is 8.14. The molecule has 0 radical (unpaired) electrons. The summed E-state index contributed by atoms with van der Waals surface area (Å²) in [5.74, 6) is 1.15. The molecule has 0 unspecified atom stereocenters. The van der Waals surface area contributed by atoms with Crippen LogP contribution in [-0.4, -0.2) is 16.3 Å². The van der Waals surface area contributed by atoms with Crippen molar-refractivity contribution in [2.75, 3.05) is 11.9 Å². The summed E-state index contributed by atoms with van der Waals surface area (Å²) in [6.45, 7) is 7.41. The number of rotatable bonds is 2. The molecule has 3 nitrogen and oxygen atoms in total. The number of benzene rings is 2. The van der Waals surface area contributed by atoms with E-state index in [1.165, 1.54) is 27.8 Å². The predicted molar refractivity (Wildman–Crippen MR) is 95.4 cm³/mol. The molecule has 4 rings (SSSR count). The third kappa shape index (κ3) is 2.24. The number of hydrogen-bond acceptors (Lipinski definition) is 2. The van der Waals surface area contributed by atoms with Gasteiger partial charge in [-0.2, -0.15) is 5.10 Å². The molecule has 3 aromatic rings. The van der Waals surface area contributed by atoms with Gasteiger partial charge in [0.1, 0.15) is 5.82 Å². The van der Waals surface area contributed by atoms with E-state index in [0.29, 0.717) is 0 Å². The molecule has 0 amide bonds. The Morgan fingerprint density at radius 2 is 1.78 bits per heavy atom. The number of nitrogens with one attached hydrogen (secondary N) is 1. The van der Waals surface area contributed by atoms with Crippen molar-refractivity contribution in [2.45, 2.75) is 27.2 Å². The first-order valence-corrected chi connectivity index (χ1v) is 8.14. The number of aromatic nitrogens is 2. The van der Waals surface area contributed by atoms with Crippen LogP contribution in [-0.2, 0) is 6.42 Å². The minimum absolute atomic E-state index is 0.983. The molecule has 1 aliphatic rings. The van der Waals surface area contributed by atoms with Crippen molar-refractivity contribution in [1.82, 2.24) is 9.78 Å². The normalized spacial score (nSPS) is 13.0. The molecule has 0 saturated carbocycles. The summed E-state index contributed by atoms with van der Waals surface area (Å²) >= 11 is 0. The maximum absolute atomic E-state index is 4.96. The van der Waals surface area contributed by atoms with Crippen molar-refractivity contribution in [3.05, 3.63) is 64.7 Å². The summed E-state index contributed by atoms with van der Waals surface area (Å²) in [6, 6.07) is 15.0. The summed E-state index contributed by atoms with van der Waals surface area (Å²) in [6.07, 6.45) is 1.03. The van der Waals surface area contributed by atoms with Crippen molar-refractivity contribution in [3.63, 3.8) is 0 Å². The molecule has 3 heteroatoms. The fourth-order valence-electron chi connectivity index (χ4n) is 3.26. The van der Waals surface area contributed by atoms with Gasteiger partial charge in [0.05, 0.1) is 11.4 Å². The third-order valence-electron chi connectivity index (χ3n) is 4.78. The van der Waals surface area contributed by atoms with Crippen LogP contribution in [0.15, 0.2) is 42.5 Å². The second-order valence-corrected chi connectivity index (χ2v) is 6.35. The molecule has 0 spiro atoms. The van der Waals surface area contributed by atoms with Crippen LogP contribution in [0.1, 0.15) is 22.3 Å². The number of nitrogens with zero attached hydrogens (tertiary/aromatic N) is 2. The van der Waals surface area contributed by atoms with Crippen LogP contribution in [0.5, 0.6) is 0 Å². The average Bonchev–Trinajstić information content (AvgIpc) is 3.14. The molecule has 1 N–H and O–H groups in total. The lowest BCUT2D eigenvalue weighted by Crippen LogP contribution is -2.06. The SMILES string of the molecule is Cc1ccc(-c2nn(-c3cccc(C)c3C)c3c2CCN3)cc1. The van der Waals surface area contributed by atoms with Crippen LogP contribution in [0, 0.1) is 20.8 Å². The Kier molecular flexibility index (Phi) is 3.22. The topological polar surface area (TPSA) is 29.9 Å². The molecular formula is C20H21N3. The summed E-state index contributed by atoms with van der Waals surface area (Å²) in [5.41, 5.74) is 8.63. The molecule has 0 bridgehead atoms. The molecule has 0 atom stereocenters. The molecular weight excluding hydrogens is 282 g/mol. The van der Waals surface area contributed by atoms with Crippen LogP contribution in [0.2, 0.25) is 0 Å². The number of aryl methyl sites for hydroxylation is 2. The third-order valence-corrected chi connectivity index (χ3v) is 4.78. The lowest BCUT2D eigenvalue weighted by atomic mass is 10.1. The molecule has 0 aliphatic carbocycles. The number of anilines is 1. The van der Waals surface area contributed by atoms with E-state index in [2.05, 4.69) is 73.2 Å². The van der Waals surface area contributed by atoms with Crippen LogP contribution in [0.25, 0.3) is 16.9 Å². The van der Waals surface area contributed by atoms with E-state index >= 15 is 0 Å². The number of hydrogen-bond donors (Lipinski definition) is 1. The van der Waals surface area contributed by atoms with E-state index in [4.69, 9.17) is 5.10 Å². The highest BCUT2D eigenvalue weighted by Crippen LogP contribution is 2.35. The Labute approximate surface area is 137 Å². The van der Waals surface area contributed by atoms with Gasteiger partial charge in [-0.15, -0.1) is 0 Å². The second kappa shape index (κ2) is 5.27. The van der Waals surface area contributed by atoms with Crippen molar-refractivity contribution in [3.8, 4) is 16.9 Å². The van der Waals surface area contributed by atoms with E-state index in [0.717, 1.165) is 30.2 Å². The van der Waals surface area contributed by atoms with Gasteiger partial charge in [0, 0.05) is 17.7 Å². The molecule has 1 aliphatic heterocycles. The van der Waals surface area contributed by atoms with Gasteiger partial charge in [0.15, 0.2) is 0 Å². The maximum Gasteiger partial charge on any atom is 0.133 e. The highest BCUT2D eigenvalue weighted by molar-refractivity contribution is 5.73. The first-order chi connectivity index (χ1) is 11.1. The molecule has 0 fully saturated rings. The quantitative estimate of drug-likeness (QED) is 0.759. The Morgan fingerprint density at radius 3 is 2.57 bits per heavy atom. The molecule has 116 valence electrons. The Bertz CT molecular complexity index is 873. The van der Waals surface area contributed by atoms with E-state index in [1.807, 2.05) is 0 Å². The fraction of sp³-hybridized carbons (Fsp3) is 0.250. The van der Waals surface area contributed by atoms with Crippen LogP contribution in [0.4, 0.5) is 5.82 Å². The van der Waals surface area contributed by atoms with Gasteiger partial charge >= 0.3 is 0 Å². The number of fused-ring (bicyclic) bond motifs is 1. The van der Waals surface area contributed by atoms with E-state index < -0.39 is 0 Å². The highest BCUT2D eigenvalue weighted by Gasteiger charge is 2.24. The molecule has 23 heavy (non-hydrogen) atoms. The summed E-state index contributed by atoms with van der Waals surface area (Å²) in [5, 5.41) is 8.47. The average molecular weight is 303 g/mol. The molecule has 2 heterocycles. The van der Waals surface area contributed by atoms with Crippen molar-refractivity contribution in [2.24, 2.45) is 0 Å². The van der Waals surface area contributed by atoms with Gasteiger partial charge in [0.2, 0.25) is 0 Å². The van der Waals surface area contributed by atoms with Gasteiger partial charge < -0.3 is 5.32 Å². The van der Waals surface area contributed by atoms with Gasteiger partial charge in [-0.3, -0.25) is 0 Å². The first kappa shape index (κ1) is 14.1. The minimum Gasteiger partial charge on any atom is -0.369 e.